The van der Waals surface area contributed by atoms with Crippen LogP contribution in [-0.4, -0.2) is 22.6 Å². The molecule has 0 unspecified atom stereocenters. The first kappa shape index (κ1) is 12.6. The fourth-order valence-electron chi connectivity index (χ4n) is 1.45. The summed E-state index contributed by atoms with van der Waals surface area (Å²) in [5.74, 6) is -1.45. The summed E-state index contributed by atoms with van der Waals surface area (Å²) >= 11 is 11.8. The number of carbonyl (C=O) groups excluding carboxylic acids is 2. The normalized spacial score (nSPS) is 19.7. The van der Waals surface area contributed by atoms with Gasteiger partial charge >= 0.3 is 0 Å². The van der Waals surface area contributed by atoms with Crippen molar-refractivity contribution in [3.8, 4) is 0 Å². The van der Waals surface area contributed by atoms with Crippen molar-refractivity contribution in [3.05, 3.63) is 39.5 Å². The first-order chi connectivity index (χ1) is 8.54. The molecule has 2 rings (SSSR count). The van der Waals surface area contributed by atoms with Gasteiger partial charge in [-0.3, -0.25) is 9.59 Å². The molecule has 1 saturated heterocycles. The molecule has 0 spiro atoms. The Kier molecular flexibility index (Phi) is 3.36. The molecule has 1 heterocycles. The molecule has 1 aromatic rings. The molecule has 0 aromatic heterocycles. The number of halogens is 2. The van der Waals surface area contributed by atoms with Crippen LogP contribution in [0.15, 0.2) is 29.1 Å². The van der Waals surface area contributed by atoms with E-state index in [0.29, 0.717) is 10.6 Å². The summed E-state index contributed by atoms with van der Waals surface area (Å²) in [5.41, 5.74) is -0.0941. The summed E-state index contributed by atoms with van der Waals surface area (Å²) in [7, 11) is 0. The molecular formula is C11H6Cl2N2O3. The van der Waals surface area contributed by atoms with Crippen molar-refractivity contribution >= 4 is 46.7 Å². The number of rotatable bonds is 1. The minimum atomic E-state index is -0.757. The van der Waals surface area contributed by atoms with Gasteiger partial charge in [0.2, 0.25) is 11.5 Å². The Morgan fingerprint density at radius 3 is 2.61 bits per heavy atom. The van der Waals surface area contributed by atoms with E-state index in [9.17, 15) is 9.59 Å². The van der Waals surface area contributed by atoms with E-state index in [4.69, 9.17) is 28.4 Å². The van der Waals surface area contributed by atoms with E-state index in [2.05, 4.69) is 10.5 Å². The quantitative estimate of drug-likeness (QED) is 0.469. The number of ketones is 1. The number of carbonyl (C=O) groups is 2. The smallest absolute Gasteiger partial charge is 0.281 e. The summed E-state index contributed by atoms with van der Waals surface area (Å²) in [6.07, 6.45) is 1.37. The molecule has 1 aromatic carbocycles. The Bertz CT molecular complexity index is 608. The van der Waals surface area contributed by atoms with Crippen molar-refractivity contribution in [1.82, 2.24) is 5.32 Å². The summed E-state index contributed by atoms with van der Waals surface area (Å²) in [6, 6.07) is 4.89. The molecule has 0 aliphatic carbocycles. The number of benzene rings is 1. The number of allylic oxidation sites excluding steroid dienone is 1. The lowest BCUT2D eigenvalue weighted by Crippen LogP contribution is -2.19. The average Bonchev–Trinajstić information content (AvgIpc) is 2.60. The van der Waals surface area contributed by atoms with Crippen molar-refractivity contribution in [2.45, 2.75) is 0 Å². The molecule has 0 atom stereocenters. The largest absolute Gasteiger partial charge is 0.410 e. The van der Waals surface area contributed by atoms with Crippen LogP contribution < -0.4 is 5.32 Å². The fraction of sp³-hybridized carbons (Fsp3) is 0. The second-order valence-electron chi connectivity index (χ2n) is 3.43. The first-order valence-corrected chi connectivity index (χ1v) is 5.54. The number of nitrogens with zero attached hydrogens (tertiary/aromatic N) is 1. The highest BCUT2D eigenvalue weighted by Gasteiger charge is 2.33. The van der Waals surface area contributed by atoms with Gasteiger partial charge in [0.15, 0.2) is 0 Å². The van der Waals surface area contributed by atoms with Gasteiger partial charge in [-0.2, -0.15) is 0 Å². The van der Waals surface area contributed by atoms with Crippen LogP contribution in [-0.2, 0) is 9.59 Å². The predicted octanol–water partition coefficient (Wildman–Crippen LogP) is 1.86. The highest BCUT2D eigenvalue weighted by atomic mass is 35.5. The van der Waals surface area contributed by atoms with Crippen molar-refractivity contribution in [2.24, 2.45) is 5.16 Å². The minimum Gasteiger partial charge on any atom is -0.410 e. The van der Waals surface area contributed by atoms with Crippen LogP contribution in [0.5, 0.6) is 0 Å². The molecule has 1 aliphatic rings. The Labute approximate surface area is 112 Å². The molecule has 5 nitrogen and oxygen atoms in total. The van der Waals surface area contributed by atoms with Crippen molar-refractivity contribution in [1.29, 1.82) is 0 Å². The van der Waals surface area contributed by atoms with E-state index >= 15 is 0 Å². The zero-order valence-corrected chi connectivity index (χ0v) is 10.3. The van der Waals surface area contributed by atoms with Gasteiger partial charge in [-0.1, -0.05) is 40.5 Å². The number of hydrogen-bond donors (Lipinski definition) is 2. The maximum Gasteiger partial charge on any atom is 0.281 e. The summed E-state index contributed by atoms with van der Waals surface area (Å²) < 4.78 is 0. The van der Waals surface area contributed by atoms with E-state index in [0.717, 1.165) is 0 Å². The second kappa shape index (κ2) is 4.80. The fourth-order valence-corrected chi connectivity index (χ4v) is 1.81. The third kappa shape index (κ3) is 2.10. The van der Waals surface area contributed by atoms with Crippen molar-refractivity contribution < 1.29 is 14.8 Å². The van der Waals surface area contributed by atoms with Crippen LogP contribution in [0.25, 0.3) is 6.08 Å². The Hall–Kier alpha value is -1.85. The topological polar surface area (TPSA) is 78.8 Å². The molecular weight excluding hydrogens is 279 g/mol. The van der Waals surface area contributed by atoms with E-state index in [1.165, 1.54) is 6.08 Å². The summed E-state index contributed by atoms with van der Waals surface area (Å²) in [5, 5.41) is 14.0. The van der Waals surface area contributed by atoms with Gasteiger partial charge in [0.05, 0.1) is 15.7 Å². The van der Waals surface area contributed by atoms with Gasteiger partial charge in [0, 0.05) is 0 Å². The van der Waals surface area contributed by atoms with Crippen LogP contribution in [0.1, 0.15) is 5.56 Å². The lowest BCUT2D eigenvalue weighted by atomic mass is 10.1. The second-order valence-corrected chi connectivity index (χ2v) is 4.22. The van der Waals surface area contributed by atoms with E-state index in [1.807, 2.05) is 0 Å². The summed E-state index contributed by atoms with van der Waals surface area (Å²) in [4.78, 5) is 22.9. The van der Waals surface area contributed by atoms with E-state index in [1.54, 1.807) is 18.2 Å². The molecule has 92 valence electrons. The molecule has 0 saturated carbocycles. The Balaban J connectivity index is 2.45. The molecule has 1 fully saturated rings. The number of oxime groups is 1. The van der Waals surface area contributed by atoms with Crippen LogP contribution >= 0.6 is 23.2 Å². The van der Waals surface area contributed by atoms with Gasteiger partial charge < -0.3 is 10.5 Å². The third-order valence-corrected chi connectivity index (χ3v) is 3.14. The first-order valence-electron chi connectivity index (χ1n) is 4.78. The average molecular weight is 285 g/mol. The zero-order valence-electron chi connectivity index (χ0n) is 8.78. The number of amides is 1. The van der Waals surface area contributed by atoms with Gasteiger partial charge in [-0.25, -0.2) is 0 Å². The van der Waals surface area contributed by atoms with Crippen molar-refractivity contribution in [2.75, 3.05) is 0 Å². The van der Waals surface area contributed by atoms with Gasteiger partial charge in [-0.05, 0) is 17.7 Å². The maximum absolute atomic E-state index is 11.6. The molecule has 0 radical (unpaired) electrons. The zero-order chi connectivity index (χ0) is 13.3. The SMILES string of the molecule is O=C1N/C(=C/c2cccc(Cl)c2Cl)C(=O)/C1=N/O. The van der Waals surface area contributed by atoms with E-state index in [-0.39, 0.29) is 10.7 Å². The van der Waals surface area contributed by atoms with Crippen LogP contribution in [0.2, 0.25) is 10.0 Å². The predicted molar refractivity (Wildman–Crippen MR) is 66.8 cm³/mol. The maximum atomic E-state index is 11.6. The summed E-state index contributed by atoms with van der Waals surface area (Å²) in [6.45, 7) is 0. The number of nitrogens with one attached hydrogen (secondary N) is 1. The molecule has 2 N–H and O–H groups in total. The van der Waals surface area contributed by atoms with Gasteiger partial charge in [0.1, 0.15) is 0 Å². The highest BCUT2D eigenvalue weighted by Crippen LogP contribution is 2.27. The standard InChI is InChI=1S/C11H6Cl2N2O3/c12-6-3-1-2-5(8(6)13)4-7-10(16)9(15-18)11(17)14-7/h1-4,18H,(H,14,17)/b7-4+,15-9-. The van der Waals surface area contributed by atoms with Gasteiger partial charge in [0.25, 0.3) is 5.91 Å². The lowest BCUT2D eigenvalue weighted by Gasteiger charge is -2.01. The van der Waals surface area contributed by atoms with Gasteiger partial charge in [-0.15, -0.1) is 0 Å². The molecule has 18 heavy (non-hydrogen) atoms. The lowest BCUT2D eigenvalue weighted by molar-refractivity contribution is -0.113. The molecule has 1 aliphatic heterocycles. The van der Waals surface area contributed by atoms with Crippen LogP contribution in [0.3, 0.4) is 0 Å². The third-order valence-electron chi connectivity index (χ3n) is 2.30. The monoisotopic (exact) mass is 284 g/mol. The Morgan fingerprint density at radius 1 is 1.28 bits per heavy atom. The molecule has 7 heteroatoms. The number of hydrogen-bond acceptors (Lipinski definition) is 4. The van der Waals surface area contributed by atoms with Crippen LogP contribution in [0.4, 0.5) is 0 Å². The highest BCUT2D eigenvalue weighted by molar-refractivity contribution is 6.72. The molecule has 0 bridgehead atoms. The minimum absolute atomic E-state index is 0.0167. The Morgan fingerprint density at radius 2 is 2.00 bits per heavy atom. The molecule has 1 amide bonds. The number of Topliss-reactive ketones (excluding diaryl/α,β-unsaturated/α-hetero) is 1. The van der Waals surface area contributed by atoms with Crippen molar-refractivity contribution in [3.63, 3.8) is 0 Å². The van der Waals surface area contributed by atoms with E-state index < -0.39 is 17.4 Å². The van der Waals surface area contributed by atoms with Crippen LogP contribution in [0, 0.1) is 0 Å².